The molecule has 0 bridgehead atoms. The van der Waals surface area contributed by atoms with Crippen LogP contribution in [0, 0.1) is 30.3 Å². The molecule has 0 amide bonds. The van der Waals surface area contributed by atoms with E-state index in [4.69, 9.17) is 5.53 Å². The summed E-state index contributed by atoms with van der Waals surface area (Å²) >= 11 is 0. The van der Waals surface area contributed by atoms with Gasteiger partial charge in [0.1, 0.15) is 9.85 Å². The van der Waals surface area contributed by atoms with Crippen LogP contribution in [0.4, 0.5) is 5.82 Å². The Morgan fingerprint density at radius 3 is 2.17 bits per heavy atom. The molecule has 0 aliphatic heterocycles. The zero-order chi connectivity index (χ0) is 13.9. The fourth-order valence-electron chi connectivity index (χ4n) is 0.937. The molecule has 15 nitrogen and oxygen atoms in total. The van der Waals surface area contributed by atoms with Crippen molar-refractivity contribution >= 4 is 5.82 Å². The van der Waals surface area contributed by atoms with Gasteiger partial charge in [0.25, 0.3) is 0 Å². The molecule has 1 rings (SSSR count). The zero-order valence-electron chi connectivity index (χ0n) is 7.94. The molecule has 0 aromatic carbocycles. The van der Waals surface area contributed by atoms with Crippen LogP contribution in [0.3, 0.4) is 0 Å². The van der Waals surface area contributed by atoms with Gasteiger partial charge in [0.15, 0.2) is 5.16 Å². The van der Waals surface area contributed by atoms with Gasteiger partial charge in [-0.05, 0) is 15.6 Å². The maximum absolute atomic E-state index is 10.7. The molecule has 0 fully saturated rings. The second kappa shape index (κ2) is 4.26. The summed E-state index contributed by atoms with van der Waals surface area (Å²) in [6.07, 6.45) is 0. The first-order chi connectivity index (χ1) is 8.37. The fourth-order valence-corrected chi connectivity index (χ4v) is 0.937. The molecule has 18 heavy (non-hydrogen) atoms. The molecule has 15 heteroatoms. The lowest BCUT2D eigenvalue weighted by molar-refractivity contribution is -0.810. The van der Waals surface area contributed by atoms with Crippen molar-refractivity contribution in [1.29, 1.82) is 0 Å². The normalized spacial score (nSPS) is 10.4. The summed E-state index contributed by atoms with van der Waals surface area (Å²) in [6.45, 7) is 0. The summed E-state index contributed by atoms with van der Waals surface area (Å²) < 4.78 is 3.83. The van der Waals surface area contributed by atoms with Gasteiger partial charge in [-0.15, -0.1) is 4.63 Å². The van der Waals surface area contributed by atoms with E-state index in [2.05, 4.69) is 20.1 Å². The molecule has 94 valence electrons. The number of nitrogens with zero attached hydrogens (tertiary/aromatic N) is 8. The fraction of sp³-hybridized carbons (Fsp3) is 0.333. The monoisotopic (exact) mass is 260 g/mol. The highest BCUT2D eigenvalue weighted by Crippen LogP contribution is 2.31. The van der Waals surface area contributed by atoms with Crippen LogP contribution in [0.25, 0.3) is 10.4 Å². The summed E-state index contributed by atoms with van der Waals surface area (Å²) in [5, 5.41) is 39.5. The van der Waals surface area contributed by atoms with Crippen molar-refractivity contribution in [2.45, 2.75) is 5.79 Å². The number of hydrogen-bond acceptors (Lipinski definition) is 10. The van der Waals surface area contributed by atoms with Crippen molar-refractivity contribution in [3.63, 3.8) is 0 Å². The average Bonchev–Trinajstić information content (AvgIpc) is 2.73. The number of nitro groups is 3. The topological polar surface area (TPSA) is 217 Å². The Kier molecular flexibility index (Phi) is 3.01. The molecule has 0 aliphatic carbocycles. The van der Waals surface area contributed by atoms with Gasteiger partial charge in [0, 0.05) is 4.91 Å². The van der Waals surface area contributed by atoms with Gasteiger partial charge in [0.05, 0.1) is 5.11 Å². The smallest absolute Gasteiger partial charge is 0.358 e. The van der Waals surface area contributed by atoms with E-state index in [-0.39, 0.29) is 0 Å². The SMILES string of the molecule is [N-]=[N+]=NC(c1nonc1[N+](=O)[O-])([N+](=O)[O-])[N+](=O)[O-]. The highest BCUT2D eigenvalue weighted by atomic mass is 16.7. The molecule has 0 atom stereocenters. The minimum atomic E-state index is -3.71. The van der Waals surface area contributed by atoms with E-state index < -0.39 is 32.1 Å². The third-order valence-electron chi connectivity index (χ3n) is 1.66. The first kappa shape index (κ1) is 12.7. The zero-order valence-corrected chi connectivity index (χ0v) is 7.94. The summed E-state index contributed by atoms with van der Waals surface area (Å²) in [5.74, 6) is -5.10. The van der Waals surface area contributed by atoms with Gasteiger partial charge in [-0.2, -0.15) is 0 Å². The third-order valence-corrected chi connectivity index (χ3v) is 1.66. The number of hydrogen-bond donors (Lipinski definition) is 0. The maximum atomic E-state index is 10.7. The van der Waals surface area contributed by atoms with E-state index in [1.165, 1.54) is 0 Å². The van der Waals surface area contributed by atoms with E-state index in [9.17, 15) is 30.3 Å². The molecule has 0 aliphatic rings. The molecule has 1 heterocycles. The first-order valence-electron chi connectivity index (χ1n) is 3.70. The van der Waals surface area contributed by atoms with Crippen molar-refractivity contribution < 1.29 is 19.4 Å². The largest absolute Gasteiger partial charge is 0.602 e. The maximum Gasteiger partial charge on any atom is 0.602 e. The van der Waals surface area contributed by atoms with E-state index in [0.29, 0.717) is 0 Å². The van der Waals surface area contributed by atoms with Crippen molar-refractivity contribution in [2.75, 3.05) is 0 Å². The lowest BCUT2D eigenvalue weighted by Gasteiger charge is -2.06. The molecule has 0 spiro atoms. The Morgan fingerprint density at radius 2 is 1.78 bits per heavy atom. The Bertz CT molecular complexity index is 549. The van der Waals surface area contributed by atoms with Crippen LogP contribution in [-0.2, 0) is 5.79 Å². The molecule has 0 saturated carbocycles. The number of azide groups is 1. The van der Waals surface area contributed by atoms with Gasteiger partial charge in [0.2, 0.25) is 0 Å². The number of rotatable bonds is 5. The third kappa shape index (κ3) is 1.61. The predicted octanol–water partition coefficient (Wildman–Crippen LogP) is -0.0482. The van der Waals surface area contributed by atoms with Crippen LogP contribution in [-0.4, -0.2) is 25.1 Å². The quantitative estimate of drug-likeness (QED) is 0.172. The molecule has 1 aromatic heterocycles. The van der Waals surface area contributed by atoms with Gasteiger partial charge in [-0.1, -0.05) is 0 Å². The van der Waals surface area contributed by atoms with Crippen LogP contribution in [0.5, 0.6) is 0 Å². The van der Waals surface area contributed by atoms with Crippen LogP contribution in [0.1, 0.15) is 5.69 Å². The van der Waals surface area contributed by atoms with Crippen molar-refractivity contribution in [2.24, 2.45) is 5.11 Å². The molecular formula is C3N8O7. The van der Waals surface area contributed by atoms with Gasteiger partial charge in [-0.25, -0.2) is 0 Å². The standard InChI is InChI=1S/C3N8O7/c4-8-7-3(10(14)15,11(16)17)1-2(9(12)13)6-18-5-1. The average molecular weight is 260 g/mol. The highest BCUT2D eigenvalue weighted by molar-refractivity contribution is 5.26. The lowest BCUT2D eigenvalue weighted by Crippen LogP contribution is -2.41. The Hall–Kier alpha value is -3.35. The Balaban J connectivity index is 3.67. The van der Waals surface area contributed by atoms with Crippen molar-refractivity contribution in [3.8, 4) is 0 Å². The van der Waals surface area contributed by atoms with Crippen LogP contribution in [0.2, 0.25) is 0 Å². The number of aromatic nitrogens is 2. The van der Waals surface area contributed by atoms with Crippen molar-refractivity contribution in [1.82, 2.24) is 10.3 Å². The molecule has 0 N–H and O–H groups in total. The Morgan fingerprint density at radius 1 is 1.22 bits per heavy atom. The second-order valence-electron chi connectivity index (χ2n) is 2.53. The van der Waals surface area contributed by atoms with Crippen LogP contribution >= 0.6 is 0 Å². The second-order valence-corrected chi connectivity index (χ2v) is 2.53. The Labute approximate surface area is 94.0 Å². The summed E-state index contributed by atoms with van der Waals surface area (Å²) in [5.41, 5.74) is 6.70. The molecular weight excluding hydrogens is 260 g/mol. The van der Waals surface area contributed by atoms with E-state index >= 15 is 0 Å². The van der Waals surface area contributed by atoms with E-state index in [0.717, 1.165) is 0 Å². The first-order valence-corrected chi connectivity index (χ1v) is 3.70. The van der Waals surface area contributed by atoms with E-state index in [1.807, 2.05) is 4.91 Å². The minimum absolute atomic E-state index is 1.31. The van der Waals surface area contributed by atoms with Crippen LogP contribution < -0.4 is 0 Å². The molecule has 0 radical (unpaired) electrons. The molecule has 0 unspecified atom stereocenters. The van der Waals surface area contributed by atoms with Crippen LogP contribution in [0.15, 0.2) is 9.74 Å². The summed E-state index contributed by atoms with van der Waals surface area (Å²) in [4.78, 5) is 29.1. The minimum Gasteiger partial charge on any atom is -0.358 e. The van der Waals surface area contributed by atoms with E-state index in [1.54, 1.807) is 0 Å². The lowest BCUT2D eigenvalue weighted by atomic mass is 10.2. The summed E-state index contributed by atoms with van der Waals surface area (Å²) in [6, 6.07) is 0. The highest BCUT2D eigenvalue weighted by Gasteiger charge is 2.66. The molecule has 1 aromatic rings. The molecule has 0 saturated heterocycles. The summed E-state index contributed by atoms with van der Waals surface area (Å²) in [7, 11) is 0. The van der Waals surface area contributed by atoms with Gasteiger partial charge in [-0.3, -0.25) is 20.2 Å². The van der Waals surface area contributed by atoms with Crippen molar-refractivity contribution in [3.05, 3.63) is 46.5 Å². The van der Waals surface area contributed by atoms with Gasteiger partial charge >= 0.3 is 17.3 Å². The van der Waals surface area contributed by atoms with Gasteiger partial charge < -0.3 is 10.1 Å². The predicted molar refractivity (Wildman–Crippen MR) is 45.8 cm³/mol.